The lowest BCUT2D eigenvalue weighted by Gasteiger charge is -2.30. The van der Waals surface area contributed by atoms with E-state index in [1.54, 1.807) is 0 Å². The number of rotatable bonds is 12. The second-order valence-electron chi connectivity index (χ2n) is 8.09. The zero-order valence-corrected chi connectivity index (χ0v) is 16.7. The van der Waals surface area contributed by atoms with E-state index in [-0.39, 0.29) is 11.8 Å². The van der Waals surface area contributed by atoms with E-state index in [9.17, 15) is 4.79 Å². The van der Waals surface area contributed by atoms with Crippen LogP contribution in [0.2, 0.25) is 0 Å². The highest BCUT2D eigenvalue weighted by Gasteiger charge is 2.14. The number of hydrogen-bond acceptors (Lipinski definition) is 2. The molecule has 1 aromatic carbocycles. The Morgan fingerprint density at radius 3 is 2.24 bits per heavy atom. The fourth-order valence-corrected chi connectivity index (χ4v) is 2.94. The molecule has 3 N–H and O–H groups in total. The van der Waals surface area contributed by atoms with Crippen LogP contribution in [0.3, 0.4) is 0 Å². The van der Waals surface area contributed by atoms with Crippen molar-refractivity contribution < 1.29 is 9.28 Å². The molecule has 0 radical (unpaired) electrons. The number of benzene rings is 1. The zero-order chi connectivity index (χ0) is 18.7. The molecule has 1 rings (SSSR count). The molecule has 1 aromatic rings. The number of nitrogens with one attached hydrogen (secondary N) is 1. The van der Waals surface area contributed by atoms with Crippen molar-refractivity contribution in [2.24, 2.45) is 5.92 Å². The van der Waals surface area contributed by atoms with Crippen molar-refractivity contribution in [1.29, 1.82) is 0 Å². The lowest BCUT2D eigenvalue weighted by atomic mass is 10.1. The molecule has 142 valence electrons. The minimum Gasteiger partial charge on any atom is -0.399 e. The number of nitrogen functional groups attached to an aromatic ring is 1. The Morgan fingerprint density at radius 2 is 1.60 bits per heavy atom. The van der Waals surface area contributed by atoms with Gasteiger partial charge in [0.05, 0.1) is 27.2 Å². The van der Waals surface area contributed by atoms with Crippen molar-refractivity contribution in [2.75, 3.05) is 39.5 Å². The van der Waals surface area contributed by atoms with E-state index in [4.69, 9.17) is 5.73 Å². The second kappa shape index (κ2) is 11.1. The fraction of sp³-hybridized carbons (Fsp3) is 0.667. The molecule has 0 atom stereocenters. The average molecular weight is 349 g/mol. The van der Waals surface area contributed by atoms with E-state index in [2.05, 4.69) is 31.5 Å². The van der Waals surface area contributed by atoms with Gasteiger partial charge in [-0.05, 0) is 43.4 Å². The number of nitrogens with two attached hydrogens (primary N) is 1. The van der Waals surface area contributed by atoms with Crippen molar-refractivity contribution in [3.63, 3.8) is 0 Å². The largest absolute Gasteiger partial charge is 0.399 e. The maximum absolute atomic E-state index is 11.5. The Balaban J connectivity index is 2.06. The van der Waals surface area contributed by atoms with E-state index in [0.717, 1.165) is 29.6 Å². The van der Waals surface area contributed by atoms with Crippen LogP contribution >= 0.6 is 0 Å². The van der Waals surface area contributed by atoms with Gasteiger partial charge < -0.3 is 15.5 Å². The standard InChI is InChI=1S/C21H37N3O/c1-18(2)21(25)23-15-7-5-6-8-16-24(3,4)17-9-10-19-11-13-20(22)14-12-19/h11-14,18H,5-10,15-17,22H2,1-4H3/p+1. The number of quaternary nitrogens is 1. The summed E-state index contributed by atoms with van der Waals surface area (Å²) in [6.07, 6.45) is 7.12. The van der Waals surface area contributed by atoms with Gasteiger partial charge in [-0.25, -0.2) is 0 Å². The van der Waals surface area contributed by atoms with Crippen LogP contribution in [-0.4, -0.2) is 44.1 Å². The highest BCUT2D eigenvalue weighted by atomic mass is 16.1. The first-order chi connectivity index (χ1) is 11.8. The quantitative estimate of drug-likeness (QED) is 0.344. The minimum atomic E-state index is 0.0892. The van der Waals surface area contributed by atoms with Gasteiger partial charge in [0.2, 0.25) is 5.91 Å². The van der Waals surface area contributed by atoms with Gasteiger partial charge >= 0.3 is 0 Å². The number of anilines is 1. The minimum absolute atomic E-state index is 0.0892. The molecule has 0 heterocycles. The molecule has 0 aliphatic heterocycles. The highest BCUT2D eigenvalue weighted by molar-refractivity contribution is 5.77. The summed E-state index contributed by atoms with van der Waals surface area (Å²) in [5, 5.41) is 2.99. The van der Waals surface area contributed by atoms with Crippen LogP contribution < -0.4 is 11.1 Å². The summed E-state index contributed by atoms with van der Waals surface area (Å²) in [6.45, 7) is 7.11. The Labute approximate surface area is 154 Å². The third-order valence-electron chi connectivity index (χ3n) is 4.72. The second-order valence-corrected chi connectivity index (χ2v) is 8.09. The van der Waals surface area contributed by atoms with Crippen LogP contribution in [-0.2, 0) is 11.2 Å². The Hall–Kier alpha value is -1.55. The molecule has 0 unspecified atom stereocenters. The van der Waals surface area contributed by atoms with Gasteiger partial charge in [-0.3, -0.25) is 4.79 Å². The molecular formula is C21H38N3O+. The molecule has 0 aromatic heterocycles. The van der Waals surface area contributed by atoms with E-state index in [1.165, 1.54) is 44.3 Å². The van der Waals surface area contributed by atoms with Crippen LogP contribution in [0.25, 0.3) is 0 Å². The van der Waals surface area contributed by atoms with Crippen LogP contribution in [0.4, 0.5) is 5.69 Å². The number of hydrogen-bond donors (Lipinski definition) is 2. The predicted molar refractivity (Wildman–Crippen MR) is 107 cm³/mol. The first-order valence-corrected chi connectivity index (χ1v) is 9.74. The molecule has 1 amide bonds. The smallest absolute Gasteiger partial charge is 0.222 e. The molecule has 0 saturated heterocycles. The fourth-order valence-electron chi connectivity index (χ4n) is 2.94. The van der Waals surface area contributed by atoms with Gasteiger partial charge in [0.15, 0.2) is 0 Å². The SMILES string of the molecule is CC(C)C(=O)NCCCCCC[N+](C)(C)CCCc1ccc(N)cc1. The Kier molecular flexibility index (Phi) is 9.58. The van der Waals surface area contributed by atoms with Crippen molar-refractivity contribution in [1.82, 2.24) is 5.32 Å². The third-order valence-corrected chi connectivity index (χ3v) is 4.72. The number of aryl methyl sites for hydroxylation is 1. The number of amides is 1. The van der Waals surface area contributed by atoms with Crippen molar-refractivity contribution >= 4 is 11.6 Å². The summed E-state index contributed by atoms with van der Waals surface area (Å²) in [6, 6.07) is 8.23. The van der Waals surface area contributed by atoms with E-state index in [0.29, 0.717) is 0 Å². The number of carbonyl (C=O) groups is 1. The maximum Gasteiger partial charge on any atom is 0.222 e. The molecule has 0 spiro atoms. The van der Waals surface area contributed by atoms with Gasteiger partial charge in [-0.2, -0.15) is 0 Å². The number of carbonyl (C=O) groups excluding carboxylic acids is 1. The number of unbranched alkanes of at least 4 members (excludes halogenated alkanes) is 3. The zero-order valence-electron chi connectivity index (χ0n) is 16.7. The molecule has 4 heteroatoms. The Bertz CT molecular complexity index is 494. The molecular weight excluding hydrogens is 310 g/mol. The highest BCUT2D eigenvalue weighted by Crippen LogP contribution is 2.11. The predicted octanol–water partition coefficient (Wildman–Crippen LogP) is 3.61. The van der Waals surface area contributed by atoms with Crippen molar-refractivity contribution in [3.05, 3.63) is 29.8 Å². The van der Waals surface area contributed by atoms with E-state index >= 15 is 0 Å². The molecule has 0 saturated carbocycles. The lowest BCUT2D eigenvalue weighted by molar-refractivity contribution is -0.890. The topological polar surface area (TPSA) is 55.1 Å². The molecule has 0 aliphatic rings. The Morgan fingerprint density at radius 1 is 1.00 bits per heavy atom. The first-order valence-electron chi connectivity index (χ1n) is 9.74. The summed E-state index contributed by atoms with van der Waals surface area (Å²) in [5.41, 5.74) is 7.94. The van der Waals surface area contributed by atoms with Gasteiger partial charge in [0.1, 0.15) is 0 Å². The average Bonchev–Trinajstić information content (AvgIpc) is 2.55. The molecule has 0 aliphatic carbocycles. The van der Waals surface area contributed by atoms with Crippen molar-refractivity contribution in [3.8, 4) is 0 Å². The summed E-state index contributed by atoms with van der Waals surface area (Å²) in [5.74, 6) is 0.255. The normalized spacial score (nSPS) is 11.7. The lowest BCUT2D eigenvalue weighted by Crippen LogP contribution is -2.41. The first kappa shape index (κ1) is 21.5. The molecule has 0 fully saturated rings. The molecule has 4 nitrogen and oxygen atoms in total. The van der Waals surface area contributed by atoms with Gasteiger partial charge in [0, 0.05) is 24.6 Å². The van der Waals surface area contributed by atoms with Crippen LogP contribution in [0.1, 0.15) is 51.5 Å². The van der Waals surface area contributed by atoms with Gasteiger partial charge in [-0.1, -0.05) is 32.4 Å². The number of nitrogens with zero attached hydrogens (tertiary/aromatic N) is 1. The summed E-state index contributed by atoms with van der Waals surface area (Å²) in [4.78, 5) is 11.5. The summed E-state index contributed by atoms with van der Waals surface area (Å²) >= 11 is 0. The molecule has 25 heavy (non-hydrogen) atoms. The van der Waals surface area contributed by atoms with Crippen LogP contribution in [0.15, 0.2) is 24.3 Å². The van der Waals surface area contributed by atoms with Crippen LogP contribution in [0, 0.1) is 5.92 Å². The summed E-state index contributed by atoms with van der Waals surface area (Å²) in [7, 11) is 4.65. The maximum atomic E-state index is 11.5. The van der Waals surface area contributed by atoms with Gasteiger partial charge in [0.25, 0.3) is 0 Å². The van der Waals surface area contributed by atoms with E-state index < -0.39 is 0 Å². The van der Waals surface area contributed by atoms with E-state index in [1.807, 2.05) is 26.0 Å². The summed E-state index contributed by atoms with van der Waals surface area (Å²) < 4.78 is 1.08. The van der Waals surface area contributed by atoms with Crippen molar-refractivity contribution in [2.45, 2.75) is 52.4 Å². The third kappa shape index (κ3) is 10.1. The monoisotopic (exact) mass is 348 g/mol. The van der Waals surface area contributed by atoms with Crippen LogP contribution in [0.5, 0.6) is 0 Å². The van der Waals surface area contributed by atoms with Gasteiger partial charge in [-0.15, -0.1) is 0 Å². The molecule has 0 bridgehead atoms.